The lowest BCUT2D eigenvalue weighted by Crippen LogP contribution is -2.40. The molecule has 0 aliphatic carbocycles. The lowest BCUT2D eigenvalue weighted by atomic mass is 10.0. The first kappa shape index (κ1) is 82.2. The zero-order chi connectivity index (χ0) is 61.9. The third-order valence-electron chi connectivity index (χ3n) is 16.6. The molecule has 0 fully saturated rings. The predicted octanol–water partition coefficient (Wildman–Crippen LogP) is 22.9. The summed E-state index contributed by atoms with van der Waals surface area (Å²) < 4.78 is 23.0. The Kier molecular flexibility index (Phi) is 65.0. The van der Waals surface area contributed by atoms with Crippen molar-refractivity contribution in [3.05, 3.63) is 48.6 Å². The van der Waals surface area contributed by atoms with Crippen LogP contribution in [0.25, 0.3) is 0 Å². The van der Waals surface area contributed by atoms with E-state index in [1.54, 1.807) is 0 Å². The van der Waals surface area contributed by atoms with Gasteiger partial charge in [0.1, 0.15) is 13.2 Å². The number of carboxylic acids is 1. The number of carbonyl (C=O) groups excluding carboxylic acids is 2. The van der Waals surface area contributed by atoms with Gasteiger partial charge in [-0.05, 0) is 77.0 Å². The molecule has 2 unspecified atom stereocenters. The van der Waals surface area contributed by atoms with E-state index in [1.165, 1.54) is 283 Å². The van der Waals surface area contributed by atoms with Crippen molar-refractivity contribution in [3.63, 3.8) is 0 Å². The molecule has 0 aliphatic rings. The van der Waals surface area contributed by atoms with Crippen LogP contribution in [0.15, 0.2) is 48.6 Å². The van der Waals surface area contributed by atoms with E-state index in [2.05, 4.69) is 62.5 Å². The van der Waals surface area contributed by atoms with Crippen LogP contribution in [0.2, 0.25) is 0 Å². The molecule has 0 radical (unpaired) electrons. The smallest absolute Gasteiger partial charge is 0.361 e. The number of carbonyl (C=O) groups is 3. The zero-order valence-corrected chi connectivity index (χ0v) is 57.0. The molecule has 0 heterocycles. The number of unbranched alkanes of at least 4 members (excludes halogenated alkanes) is 46. The second kappa shape index (κ2) is 67.2. The second-order valence-electron chi connectivity index (χ2n) is 26.3. The molecule has 9 heteroatoms. The number of rotatable bonds is 69. The molecular formula is C76H142NO8+. The average Bonchev–Trinajstić information content (AvgIpc) is 3.48. The highest BCUT2D eigenvalue weighted by molar-refractivity contribution is 5.71. The normalized spacial score (nSPS) is 12.9. The largest absolute Gasteiger partial charge is 0.477 e. The Labute approximate surface area is 527 Å². The lowest BCUT2D eigenvalue weighted by molar-refractivity contribution is -0.870. The summed E-state index contributed by atoms with van der Waals surface area (Å²) >= 11 is 0. The molecule has 0 spiro atoms. The minimum atomic E-state index is -1.51. The first-order valence-corrected chi connectivity index (χ1v) is 36.8. The van der Waals surface area contributed by atoms with Gasteiger partial charge in [-0.3, -0.25) is 9.59 Å². The molecule has 9 nitrogen and oxygen atoms in total. The fraction of sp³-hybridized carbons (Fsp3) is 0.855. The van der Waals surface area contributed by atoms with Crippen LogP contribution in [-0.2, 0) is 33.3 Å². The summed E-state index contributed by atoms with van der Waals surface area (Å²) in [7, 11) is 5.99. The van der Waals surface area contributed by atoms with Crippen molar-refractivity contribution < 1.29 is 42.9 Å². The summed E-state index contributed by atoms with van der Waals surface area (Å²) in [5.41, 5.74) is 0. The van der Waals surface area contributed by atoms with Gasteiger partial charge >= 0.3 is 17.9 Å². The van der Waals surface area contributed by atoms with Crippen LogP contribution < -0.4 is 0 Å². The van der Waals surface area contributed by atoms with Crippen LogP contribution in [0, 0.1) is 0 Å². The number of quaternary nitrogens is 1. The fourth-order valence-electron chi connectivity index (χ4n) is 10.9. The van der Waals surface area contributed by atoms with E-state index < -0.39 is 18.4 Å². The number of hydrogen-bond donors (Lipinski definition) is 1. The average molecular weight is 1200 g/mol. The van der Waals surface area contributed by atoms with Crippen molar-refractivity contribution in [3.8, 4) is 0 Å². The molecule has 0 aromatic heterocycles. The van der Waals surface area contributed by atoms with Crippen LogP contribution >= 0.6 is 0 Å². The number of hydrogen-bond acceptors (Lipinski definition) is 7. The van der Waals surface area contributed by atoms with Gasteiger partial charge in [-0.2, -0.15) is 0 Å². The fourth-order valence-corrected chi connectivity index (χ4v) is 10.9. The van der Waals surface area contributed by atoms with Crippen LogP contribution in [-0.4, -0.2) is 87.4 Å². The van der Waals surface area contributed by atoms with Crippen molar-refractivity contribution in [2.45, 2.75) is 373 Å². The van der Waals surface area contributed by atoms with E-state index in [1.807, 2.05) is 21.1 Å². The van der Waals surface area contributed by atoms with Gasteiger partial charge in [0.25, 0.3) is 6.29 Å². The van der Waals surface area contributed by atoms with E-state index >= 15 is 0 Å². The maximum absolute atomic E-state index is 13.0. The molecule has 1 N–H and O–H groups in total. The topological polar surface area (TPSA) is 108 Å². The van der Waals surface area contributed by atoms with E-state index in [-0.39, 0.29) is 38.2 Å². The third kappa shape index (κ3) is 68.6. The Morgan fingerprint density at radius 2 is 0.635 bits per heavy atom. The van der Waals surface area contributed by atoms with Crippen molar-refractivity contribution in [1.29, 1.82) is 0 Å². The Bertz CT molecular complexity index is 1530. The van der Waals surface area contributed by atoms with Crippen LogP contribution in [0.3, 0.4) is 0 Å². The summed E-state index contributed by atoms with van der Waals surface area (Å²) in [4.78, 5) is 37.6. The van der Waals surface area contributed by atoms with Gasteiger partial charge in [-0.25, -0.2) is 4.79 Å². The van der Waals surface area contributed by atoms with Crippen LogP contribution in [0.5, 0.6) is 0 Å². The highest BCUT2D eigenvalue weighted by Crippen LogP contribution is 2.19. The van der Waals surface area contributed by atoms with Crippen molar-refractivity contribution in [1.82, 2.24) is 0 Å². The molecule has 0 amide bonds. The van der Waals surface area contributed by atoms with Gasteiger partial charge in [0.2, 0.25) is 0 Å². The van der Waals surface area contributed by atoms with Crippen molar-refractivity contribution >= 4 is 17.9 Å². The molecule has 0 bridgehead atoms. The van der Waals surface area contributed by atoms with E-state index in [9.17, 15) is 19.5 Å². The van der Waals surface area contributed by atoms with Gasteiger partial charge in [-0.1, -0.05) is 319 Å². The van der Waals surface area contributed by atoms with Gasteiger partial charge in [0.15, 0.2) is 6.10 Å². The minimum Gasteiger partial charge on any atom is -0.477 e. The summed E-state index contributed by atoms with van der Waals surface area (Å²) in [5.74, 6) is -1.98. The SMILES string of the molecule is CCCCCCC/C=C\C/C=C\CCCCCCCCCCCCCCCCCCCCCCCCCCCC(=O)OC(COC(=O)CCCCCCCCCCCCC/C=C\C/C=C\CCCCCCC)COC(OCC[N+](C)(C)C)C(=O)O. The summed E-state index contributed by atoms with van der Waals surface area (Å²) in [6.45, 7) is 4.91. The molecule has 0 saturated heterocycles. The number of carboxylic acid groups (broad SMARTS) is 1. The second-order valence-corrected chi connectivity index (χ2v) is 26.3. The molecule has 0 saturated carbocycles. The highest BCUT2D eigenvalue weighted by Gasteiger charge is 2.25. The summed E-state index contributed by atoms with van der Waals surface area (Å²) in [6, 6.07) is 0. The Morgan fingerprint density at radius 1 is 0.353 bits per heavy atom. The molecule has 0 aromatic carbocycles. The number of aliphatic carboxylic acids is 1. The monoisotopic (exact) mass is 1200 g/mol. The quantitative estimate of drug-likeness (QED) is 0.0211. The first-order valence-electron chi connectivity index (χ1n) is 36.8. The molecule has 0 rings (SSSR count). The van der Waals surface area contributed by atoms with Crippen molar-refractivity contribution in [2.24, 2.45) is 0 Å². The Balaban J connectivity index is 4.00. The Morgan fingerprint density at radius 3 is 0.929 bits per heavy atom. The number of esters is 2. The van der Waals surface area contributed by atoms with Crippen LogP contribution in [0.1, 0.15) is 361 Å². The molecule has 2 atom stereocenters. The van der Waals surface area contributed by atoms with Gasteiger partial charge in [0, 0.05) is 12.8 Å². The van der Waals surface area contributed by atoms with E-state index in [0.29, 0.717) is 17.4 Å². The summed E-state index contributed by atoms with van der Waals surface area (Å²) in [5, 5.41) is 9.75. The number of nitrogens with zero attached hydrogens (tertiary/aromatic N) is 1. The number of ether oxygens (including phenoxy) is 4. The maximum Gasteiger partial charge on any atom is 0.361 e. The lowest BCUT2D eigenvalue weighted by Gasteiger charge is -2.25. The van der Waals surface area contributed by atoms with E-state index in [4.69, 9.17) is 18.9 Å². The molecule has 85 heavy (non-hydrogen) atoms. The molecule has 498 valence electrons. The van der Waals surface area contributed by atoms with E-state index in [0.717, 1.165) is 51.4 Å². The standard InChI is InChI=1S/C76H141NO8/c1-6-8-10-12-14-16-18-20-22-24-26-28-30-31-32-33-34-35-36-37-38-39-40-41-42-43-45-47-49-51-53-55-57-59-61-63-65-67-74(79)85-72(71-84-76(75(80)81)82-69-68-77(3,4)5)70-83-73(78)66-64-62-60-58-56-54-52-50-48-46-44-29-27-25-23-21-19-17-15-13-11-9-7-2/h18-21,24-27,72,76H,6-17,22-23,28-71H2,1-5H3/p+1/b20-18-,21-19-,26-24-,27-25-. The number of allylic oxidation sites excluding steroid dienone is 8. The molecular weight excluding hydrogens is 1050 g/mol. The van der Waals surface area contributed by atoms with Gasteiger partial charge in [0.05, 0.1) is 34.4 Å². The zero-order valence-electron chi connectivity index (χ0n) is 57.0. The Hall–Kier alpha value is -2.75. The highest BCUT2D eigenvalue weighted by atomic mass is 16.7. The van der Waals surface area contributed by atoms with Gasteiger partial charge < -0.3 is 28.5 Å². The third-order valence-corrected chi connectivity index (χ3v) is 16.6. The molecule has 0 aromatic rings. The van der Waals surface area contributed by atoms with Gasteiger partial charge in [-0.15, -0.1) is 0 Å². The predicted molar refractivity (Wildman–Crippen MR) is 364 cm³/mol. The van der Waals surface area contributed by atoms with Crippen molar-refractivity contribution in [2.75, 3.05) is 47.5 Å². The molecule has 0 aliphatic heterocycles. The van der Waals surface area contributed by atoms with Crippen LogP contribution in [0.4, 0.5) is 0 Å². The number of likely N-dealkylation sites (N-methyl/N-ethyl adjacent to an activating group) is 1. The first-order chi connectivity index (χ1) is 41.6. The summed E-state index contributed by atoms with van der Waals surface area (Å²) in [6.07, 6.45) is 83.9. The minimum absolute atomic E-state index is 0.179. The maximum atomic E-state index is 13.0.